The van der Waals surface area contributed by atoms with Crippen LogP contribution in [0, 0.1) is 11.8 Å². The maximum absolute atomic E-state index is 12.6. The Bertz CT molecular complexity index is 577. The summed E-state index contributed by atoms with van der Waals surface area (Å²) in [5.74, 6) is 1.48. The second-order valence-electron chi connectivity index (χ2n) is 7.67. The molecule has 25 heavy (non-hydrogen) atoms. The zero-order valence-electron chi connectivity index (χ0n) is 15.4. The van der Waals surface area contributed by atoms with Crippen molar-refractivity contribution in [2.75, 3.05) is 50.7 Å². The maximum Gasteiger partial charge on any atom is 0.236 e. The molecule has 1 aromatic rings. The number of carbonyl (C=O) groups excluding carboxylic acids is 1. The number of hydrogen-bond donors (Lipinski definition) is 1. The van der Waals surface area contributed by atoms with E-state index in [1.54, 1.807) is 12.4 Å². The van der Waals surface area contributed by atoms with E-state index in [9.17, 15) is 9.90 Å². The molecule has 0 spiro atoms. The van der Waals surface area contributed by atoms with Crippen molar-refractivity contribution in [3.05, 3.63) is 24.0 Å². The fraction of sp³-hybridized carbons (Fsp3) is 0.684. The minimum Gasteiger partial charge on any atom is -0.392 e. The number of piperazine rings is 1. The van der Waals surface area contributed by atoms with Crippen LogP contribution in [0.3, 0.4) is 0 Å². The molecule has 0 saturated carbocycles. The van der Waals surface area contributed by atoms with Crippen LogP contribution in [0.4, 0.5) is 5.69 Å². The van der Waals surface area contributed by atoms with E-state index in [2.05, 4.69) is 33.5 Å². The van der Waals surface area contributed by atoms with E-state index in [1.165, 1.54) is 6.42 Å². The summed E-state index contributed by atoms with van der Waals surface area (Å²) in [5, 5.41) is 9.48. The van der Waals surface area contributed by atoms with Gasteiger partial charge in [0.1, 0.15) is 0 Å². The van der Waals surface area contributed by atoms with Gasteiger partial charge >= 0.3 is 0 Å². The third-order valence-corrected chi connectivity index (χ3v) is 5.34. The lowest BCUT2D eigenvalue weighted by Crippen LogP contribution is -2.52. The minimum atomic E-state index is 0.00715. The summed E-state index contributed by atoms with van der Waals surface area (Å²) in [7, 11) is 0. The smallest absolute Gasteiger partial charge is 0.236 e. The van der Waals surface area contributed by atoms with Crippen molar-refractivity contribution >= 4 is 11.6 Å². The van der Waals surface area contributed by atoms with Gasteiger partial charge in [0.05, 0.1) is 13.2 Å². The number of aromatic nitrogens is 1. The Morgan fingerprint density at radius 3 is 2.52 bits per heavy atom. The Balaban J connectivity index is 1.51. The van der Waals surface area contributed by atoms with Crippen molar-refractivity contribution in [1.29, 1.82) is 0 Å². The Kier molecular flexibility index (Phi) is 5.91. The largest absolute Gasteiger partial charge is 0.392 e. The Labute approximate surface area is 150 Å². The lowest BCUT2D eigenvalue weighted by atomic mass is 9.92. The van der Waals surface area contributed by atoms with E-state index in [-0.39, 0.29) is 12.5 Å². The van der Waals surface area contributed by atoms with Gasteiger partial charge in [-0.05, 0) is 24.3 Å². The summed E-state index contributed by atoms with van der Waals surface area (Å²) < 4.78 is 0. The number of aliphatic hydroxyl groups is 1. The summed E-state index contributed by atoms with van der Waals surface area (Å²) in [4.78, 5) is 23.3. The molecule has 2 aliphatic rings. The monoisotopic (exact) mass is 346 g/mol. The first-order valence-corrected chi connectivity index (χ1v) is 9.35. The second-order valence-corrected chi connectivity index (χ2v) is 7.67. The van der Waals surface area contributed by atoms with Crippen LogP contribution in [0.5, 0.6) is 0 Å². The van der Waals surface area contributed by atoms with Gasteiger partial charge in [0.25, 0.3) is 0 Å². The van der Waals surface area contributed by atoms with Crippen LogP contribution in [0.15, 0.2) is 18.5 Å². The maximum atomic E-state index is 12.6. The van der Waals surface area contributed by atoms with Crippen LogP contribution in [0.2, 0.25) is 0 Å². The van der Waals surface area contributed by atoms with Crippen LogP contribution < -0.4 is 4.90 Å². The highest BCUT2D eigenvalue weighted by Crippen LogP contribution is 2.22. The van der Waals surface area contributed by atoms with E-state index in [0.29, 0.717) is 18.4 Å². The van der Waals surface area contributed by atoms with E-state index < -0.39 is 0 Å². The molecule has 2 fully saturated rings. The SMILES string of the molecule is CC1CC(C)CN(C(=O)CN2CCN(c3ccncc3CO)CC2)C1. The fourth-order valence-corrected chi connectivity index (χ4v) is 4.15. The summed E-state index contributed by atoms with van der Waals surface area (Å²) in [5.41, 5.74) is 1.92. The second kappa shape index (κ2) is 8.15. The first-order valence-electron chi connectivity index (χ1n) is 9.35. The molecule has 1 amide bonds. The molecule has 3 rings (SSSR count). The molecule has 1 N–H and O–H groups in total. The number of aliphatic hydroxyl groups excluding tert-OH is 1. The van der Waals surface area contributed by atoms with Gasteiger partial charge in [-0.3, -0.25) is 14.7 Å². The number of hydrogen-bond acceptors (Lipinski definition) is 5. The van der Waals surface area contributed by atoms with Crippen molar-refractivity contribution < 1.29 is 9.90 Å². The van der Waals surface area contributed by atoms with Crippen LogP contribution in [-0.2, 0) is 11.4 Å². The average molecular weight is 346 g/mol. The Morgan fingerprint density at radius 1 is 1.20 bits per heavy atom. The van der Waals surface area contributed by atoms with Crippen molar-refractivity contribution in [2.45, 2.75) is 26.9 Å². The number of rotatable bonds is 4. The van der Waals surface area contributed by atoms with Crippen molar-refractivity contribution in [3.63, 3.8) is 0 Å². The molecule has 6 nitrogen and oxygen atoms in total. The summed E-state index contributed by atoms with van der Waals surface area (Å²) in [6.45, 7) is 10.3. The van der Waals surface area contributed by atoms with Gasteiger partial charge in [0, 0.05) is 62.9 Å². The lowest BCUT2D eigenvalue weighted by molar-refractivity contribution is -0.135. The highest BCUT2D eigenvalue weighted by molar-refractivity contribution is 5.78. The molecule has 6 heteroatoms. The van der Waals surface area contributed by atoms with Crippen LogP contribution >= 0.6 is 0 Å². The predicted molar refractivity (Wildman–Crippen MR) is 98.3 cm³/mol. The molecule has 0 radical (unpaired) electrons. The van der Waals surface area contributed by atoms with E-state index in [4.69, 9.17) is 0 Å². The molecule has 0 aliphatic carbocycles. The number of piperidine rings is 1. The summed E-state index contributed by atoms with van der Waals surface area (Å²) in [6.07, 6.45) is 4.72. The van der Waals surface area contributed by atoms with Gasteiger partial charge in [-0.2, -0.15) is 0 Å². The number of pyridine rings is 1. The zero-order valence-corrected chi connectivity index (χ0v) is 15.4. The molecule has 1 aromatic heterocycles. The number of amides is 1. The number of anilines is 1. The molecule has 2 unspecified atom stereocenters. The quantitative estimate of drug-likeness (QED) is 0.888. The van der Waals surface area contributed by atoms with E-state index in [1.807, 2.05) is 6.07 Å². The molecule has 0 bridgehead atoms. The fourth-order valence-electron chi connectivity index (χ4n) is 4.15. The summed E-state index contributed by atoms with van der Waals surface area (Å²) in [6, 6.07) is 1.96. The van der Waals surface area contributed by atoms with E-state index >= 15 is 0 Å². The number of likely N-dealkylation sites (tertiary alicyclic amines) is 1. The van der Waals surface area contributed by atoms with Crippen molar-refractivity contribution in [1.82, 2.24) is 14.8 Å². The molecule has 2 saturated heterocycles. The normalized spacial score (nSPS) is 25.2. The Hall–Kier alpha value is -1.66. The molecule has 2 atom stereocenters. The lowest BCUT2D eigenvalue weighted by Gasteiger charge is -2.39. The van der Waals surface area contributed by atoms with Gasteiger partial charge in [0.15, 0.2) is 0 Å². The topological polar surface area (TPSA) is 59.9 Å². The van der Waals surface area contributed by atoms with Crippen molar-refractivity contribution in [2.24, 2.45) is 11.8 Å². The highest BCUT2D eigenvalue weighted by Gasteiger charge is 2.27. The zero-order chi connectivity index (χ0) is 17.8. The minimum absolute atomic E-state index is 0.00715. The molecule has 0 aromatic carbocycles. The predicted octanol–water partition coefficient (Wildman–Crippen LogP) is 1.20. The third-order valence-electron chi connectivity index (χ3n) is 5.34. The number of nitrogens with zero attached hydrogens (tertiary/aromatic N) is 4. The number of carbonyl (C=O) groups is 1. The molecular formula is C19H30N4O2. The third kappa shape index (κ3) is 4.50. The first kappa shape index (κ1) is 18.1. The molecule has 138 valence electrons. The van der Waals surface area contributed by atoms with Gasteiger partial charge in [-0.1, -0.05) is 13.8 Å². The first-order chi connectivity index (χ1) is 12.1. The van der Waals surface area contributed by atoms with Gasteiger partial charge < -0.3 is 14.9 Å². The molecular weight excluding hydrogens is 316 g/mol. The Morgan fingerprint density at radius 2 is 1.88 bits per heavy atom. The van der Waals surface area contributed by atoms with Gasteiger partial charge in [-0.15, -0.1) is 0 Å². The van der Waals surface area contributed by atoms with Crippen LogP contribution in [-0.4, -0.2) is 71.6 Å². The average Bonchev–Trinajstić information content (AvgIpc) is 2.61. The molecule has 3 heterocycles. The van der Waals surface area contributed by atoms with Crippen LogP contribution in [0.1, 0.15) is 25.8 Å². The van der Waals surface area contributed by atoms with Crippen molar-refractivity contribution in [3.8, 4) is 0 Å². The van der Waals surface area contributed by atoms with Gasteiger partial charge in [0.2, 0.25) is 5.91 Å². The summed E-state index contributed by atoms with van der Waals surface area (Å²) >= 11 is 0. The highest BCUT2D eigenvalue weighted by atomic mass is 16.3. The van der Waals surface area contributed by atoms with E-state index in [0.717, 1.165) is 50.5 Å². The molecule has 2 aliphatic heterocycles. The van der Waals surface area contributed by atoms with Crippen LogP contribution in [0.25, 0.3) is 0 Å². The van der Waals surface area contributed by atoms with Gasteiger partial charge in [-0.25, -0.2) is 0 Å². The standard InChI is InChI=1S/C19H30N4O2/c1-15-9-16(2)12-23(11-15)19(25)13-21-5-7-22(8-6-21)18-3-4-20-10-17(18)14-24/h3-4,10,15-16,24H,5-9,11-14H2,1-2H3.